The first-order valence-electron chi connectivity index (χ1n) is 11.8. The molecule has 2 aromatic heterocycles. The predicted octanol–water partition coefficient (Wildman–Crippen LogP) is 5.95. The molecule has 2 heterocycles. The largest absolute Gasteiger partial charge is 0.355 e. The van der Waals surface area contributed by atoms with Crippen molar-refractivity contribution in [1.29, 1.82) is 5.26 Å². The summed E-state index contributed by atoms with van der Waals surface area (Å²) in [6.45, 7) is 10.3. The zero-order valence-electron chi connectivity index (χ0n) is 19.5. The second kappa shape index (κ2) is 11.1. The van der Waals surface area contributed by atoms with Crippen LogP contribution in [0.1, 0.15) is 83.0 Å². The topological polar surface area (TPSA) is 70.6 Å². The maximum absolute atomic E-state index is 9.52. The second-order valence-corrected chi connectivity index (χ2v) is 8.41. The average Bonchev–Trinajstić information content (AvgIpc) is 3.45. The summed E-state index contributed by atoms with van der Waals surface area (Å²) in [5, 5.41) is 14.6. The van der Waals surface area contributed by atoms with Gasteiger partial charge in [-0.05, 0) is 46.0 Å². The number of hydrogen-bond donors (Lipinski definition) is 0. The highest BCUT2D eigenvalue weighted by molar-refractivity contribution is 5.80. The molecule has 0 amide bonds. The van der Waals surface area contributed by atoms with Crippen LogP contribution in [-0.4, -0.2) is 32.8 Å². The van der Waals surface area contributed by atoms with E-state index in [1.807, 2.05) is 6.92 Å². The van der Waals surface area contributed by atoms with Gasteiger partial charge in [0.15, 0.2) is 5.82 Å². The van der Waals surface area contributed by atoms with Crippen molar-refractivity contribution < 1.29 is 0 Å². The second-order valence-electron chi connectivity index (χ2n) is 8.41. The Kier molecular flexibility index (Phi) is 8.22. The SMILES string of the molecule is CCC/C=C\c1c(C)ncnc1-c1cn(C(CC#N)C2CCCC2)nc1N(CC)CC. The Morgan fingerprint density at radius 1 is 1.23 bits per heavy atom. The van der Waals surface area contributed by atoms with Crippen molar-refractivity contribution in [3.8, 4) is 17.3 Å². The third-order valence-electron chi connectivity index (χ3n) is 6.44. The molecule has 1 aliphatic rings. The van der Waals surface area contributed by atoms with Crippen LogP contribution in [0.4, 0.5) is 5.82 Å². The highest BCUT2D eigenvalue weighted by atomic mass is 15.4. The average molecular weight is 421 g/mol. The smallest absolute Gasteiger partial charge is 0.160 e. The lowest BCUT2D eigenvalue weighted by molar-refractivity contribution is 0.315. The van der Waals surface area contributed by atoms with Gasteiger partial charge in [0.25, 0.3) is 0 Å². The number of unbranched alkanes of at least 4 members (excludes halogenated alkanes) is 1. The highest BCUT2D eigenvalue weighted by Crippen LogP contribution is 2.39. The van der Waals surface area contributed by atoms with Gasteiger partial charge in [0.1, 0.15) is 6.33 Å². The Bertz CT molecular complexity index is 913. The summed E-state index contributed by atoms with van der Waals surface area (Å²) < 4.78 is 2.07. The summed E-state index contributed by atoms with van der Waals surface area (Å²) in [5.41, 5.74) is 3.99. The van der Waals surface area contributed by atoms with Crippen LogP contribution in [0.5, 0.6) is 0 Å². The van der Waals surface area contributed by atoms with E-state index in [0.717, 1.165) is 54.3 Å². The van der Waals surface area contributed by atoms with Gasteiger partial charge in [-0.25, -0.2) is 9.97 Å². The lowest BCUT2D eigenvalue weighted by Gasteiger charge is -2.22. The molecule has 1 fully saturated rings. The summed E-state index contributed by atoms with van der Waals surface area (Å²) >= 11 is 0. The zero-order chi connectivity index (χ0) is 22.2. The van der Waals surface area contributed by atoms with Crippen molar-refractivity contribution in [1.82, 2.24) is 19.7 Å². The highest BCUT2D eigenvalue weighted by Gasteiger charge is 2.29. The normalized spacial score (nSPS) is 15.5. The number of nitrogens with zero attached hydrogens (tertiary/aromatic N) is 6. The molecule has 0 N–H and O–H groups in total. The van der Waals surface area contributed by atoms with E-state index < -0.39 is 0 Å². The summed E-state index contributed by atoms with van der Waals surface area (Å²) in [7, 11) is 0. The molecule has 166 valence electrons. The van der Waals surface area contributed by atoms with Crippen LogP contribution in [0, 0.1) is 24.2 Å². The van der Waals surface area contributed by atoms with Crippen LogP contribution in [0.2, 0.25) is 0 Å². The number of aryl methyl sites for hydroxylation is 1. The third kappa shape index (κ3) is 5.15. The molecule has 0 aliphatic heterocycles. The number of nitriles is 1. The zero-order valence-corrected chi connectivity index (χ0v) is 19.5. The minimum absolute atomic E-state index is 0.123. The van der Waals surface area contributed by atoms with Crippen molar-refractivity contribution in [2.24, 2.45) is 5.92 Å². The van der Waals surface area contributed by atoms with Crippen molar-refractivity contribution in [2.45, 2.75) is 78.7 Å². The molecule has 3 rings (SSSR count). The van der Waals surface area contributed by atoms with Crippen LogP contribution in [-0.2, 0) is 0 Å². The first-order valence-corrected chi connectivity index (χ1v) is 11.8. The van der Waals surface area contributed by atoms with Crippen LogP contribution >= 0.6 is 0 Å². The third-order valence-corrected chi connectivity index (χ3v) is 6.44. The van der Waals surface area contributed by atoms with Gasteiger partial charge in [0.05, 0.1) is 29.8 Å². The van der Waals surface area contributed by atoms with E-state index in [1.165, 1.54) is 25.7 Å². The van der Waals surface area contributed by atoms with Crippen molar-refractivity contribution in [3.63, 3.8) is 0 Å². The van der Waals surface area contributed by atoms with Gasteiger partial charge >= 0.3 is 0 Å². The van der Waals surface area contributed by atoms with Crippen LogP contribution < -0.4 is 4.90 Å². The van der Waals surface area contributed by atoms with Crippen molar-refractivity contribution >= 4 is 11.9 Å². The lowest BCUT2D eigenvalue weighted by Crippen LogP contribution is -2.24. The van der Waals surface area contributed by atoms with Crippen molar-refractivity contribution in [2.75, 3.05) is 18.0 Å². The van der Waals surface area contributed by atoms with Gasteiger partial charge in [0.2, 0.25) is 0 Å². The summed E-state index contributed by atoms with van der Waals surface area (Å²) in [6.07, 6.45) is 15.6. The van der Waals surface area contributed by atoms with E-state index in [0.29, 0.717) is 12.3 Å². The Hall–Kier alpha value is -2.68. The maximum atomic E-state index is 9.52. The van der Waals surface area contributed by atoms with Crippen LogP contribution in [0.15, 0.2) is 18.6 Å². The molecular weight excluding hydrogens is 384 g/mol. The number of anilines is 1. The van der Waals surface area contributed by atoms with Gasteiger partial charge < -0.3 is 4.90 Å². The molecule has 1 aliphatic carbocycles. The molecule has 0 spiro atoms. The molecule has 1 saturated carbocycles. The molecule has 6 heteroatoms. The van der Waals surface area contributed by atoms with Gasteiger partial charge in [-0.15, -0.1) is 0 Å². The number of rotatable bonds is 10. The van der Waals surface area contributed by atoms with Gasteiger partial charge in [-0.3, -0.25) is 4.68 Å². The van der Waals surface area contributed by atoms with E-state index in [9.17, 15) is 5.26 Å². The standard InChI is InChI=1S/C25H36N6/c1-5-8-9-14-21-19(4)27-18-28-24(21)22-17-31(29-25(22)30(6-2)7-3)23(15-16-26)20-12-10-11-13-20/h9,14,17-18,20,23H,5-8,10-13,15H2,1-4H3/b14-9-. The fourth-order valence-electron chi connectivity index (χ4n) is 4.65. The minimum Gasteiger partial charge on any atom is -0.355 e. The molecule has 2 aromatic rings. The molecule has 6 nitrogen and oxygen atoms in total. The minimum atomic E-state index is 0.123. The number of aromatic nitrogens is 4. The van der Waals surface area contributed by atoms with Gasteiger partial charge in [0, 0.05) is 30.5 Å². The molecule has 1 unspecified atom stereocenters. The summed E-state index contributed by atoms with van der Waals surface area (Å²) in [5.74, 6) is 1.47. The fourth-order valence-corrected chi connectivity index (χ4v) is 4.65. The van der Waals surface area contributed by atoms with E-state index in [-0.39, 0.29) is 6.04 Å². The van der Waals surface area contributed by atoms with Crippen LogP contribution in [0.25, 0.3) is 17.3 Å². The molecule has 31 heavy (non-hydrogen) atoms. The van der Waals surface area contributed by atoms with E-state index in [1.54, 1.807) is 6.33 Å². The Labute approximate surface area is 187 Å². The molecule has 0 aromatic carbocycles. The Balaban J connectivity index is 2.13. The Morgan fingerprint density at radius 2 is 1.97 bits per heavy atom. The molecular formula is C25H36N6. The molecule has 1 atom stereocenters. The number of allylic oxidation sites excluding steroid dienone is 1. The summed E-state index contributed by atoms with van der Waals surface area (Å²) in [6, 6.07) is 2.54. The van der Waals surface area contributed by atoms with E-state index >= 15 is 0 Å². The van der Waals surface area contributed by atoms with Crippen LogP contribution in [0.3, 0.4) is 0 Å². The monoisotopic (exact) mass is 420 g/mol. The van der Waals surface area contributed by atoms with Gasteiger partial charge in [-0.1, -0.05) is 38.3 Å². The quantitative estimate of drug-likeness (QED) is 0.475. The molecule has 0 saturated heterocycles. The number of hydrogen-bond acceptors (Lipinski definition) is 5. The lowest BCUT2D eigenvalue weighted by atomic mass is 9.96. The first kappa shape index (κ1) is 23.0. The van der Waals surface area contributed by atoms with E-state index in [4.69, 9.17) is 10.1 Å². The Morgan fingerprint density at radius 3 is 2.61 bits per heavy atom. The first-order chi connectivity index (χ1) is 15.1. The molecule has 0 radical (unpaired) electrons. The predicted molar refractivity (Wildman–Crippen MR) is 127 cm³/mol. The van der Waals surface area contributed by atoms with Crippen molar-refractivity contribution in [3.05, 3.63) is 29.9 Å². The van der Waals surface area contributed by atoms with E-state index in [2.05, 4.69) is 59.8 Å². The van der Waals surface area contributed by atoms with Gasteiger partial charge in [-0.2, -0.15) is 10.4 Å². The summed E-state index contributed by atoms with van der Waals surface area (Å²) in [4.78, 5) is 11.4. The molecule has 0 bridgehead atoms. The maximum Gasteiger partial charge on any atom is 0.160 e. The fraction of sp³-hybridized carbons (Fsp3) is 0.600.